The molecule has 0 bridgehead atoms. The maximum Gasteiger partial charge on any atom is 0.250 e. The Morgan fingerprint density at radius 1 is 1.06 bits per heavy atom. The van der Waals surface area contributed by atoms with Crippen LogP contribution in [-0.2, 0) is 16.6 Å². The Hall–Kier alpha value is -2.85. The number of hydrogen-bond acceptors (Lipinski definition) is 7. The van der Waals surface area contributed by atoms with Crippen LogP contribution >= 0.6 is 22.7 Å². The Kier molecular flexibility index (Phi) is 6.28. The fourth-order valence-electron chi connectivity index (χ4n) is 2.95. The zero-order chi connectivity index (χ0) is 21.8. The van der Waals surface area contributed by atoms with Crippen LogP contribution in [0.1, 0.15) is 26.4 Å². The van der Waals surface area contributed by atoms with Gasteiger partial charge in [0.05, 0.1) is 11.1 Å². The predicted octanol–water partition coefficient (Wildman–Crippen LogP) is 4.97. The molecular weight excluding hydrogens is 450 g/mol. The van der Waals surface area contributed by atoms with Crippen molar-refractivity contribution < 1.29 is 13.2 Å². The van der Waals surface area contributed by atoms with Crippen LogP contribution in [0.25, 0.3) is 0 Å². The number of thiophene rings is 1. The van der Waals surface area contributed by atoms with Crippen molar-refractivity contribution in [2.45, 2.75) is 17.7 Å². The molecule has 2 N–H and O–H groups in total. The summed E-state index contributed by atoms with van der Waals surface area (Å²) in [5, 5.41) is 5.51. The Balaban J connectivity index is 1.44. The molecule has 31 heavy (non-hydrogen) atoms. The molecule has 0 radical (unpaired) electrons. The lowest BCUT2D eigenvalue weighted by atomic mass is 10.0. The SMILES string of the molecule is Cc1ccccc1C(=O)c1cnc(Nc2cccc(CNS(=O)(=O)c3cccs3)c2)s1. The third-order valence-corrected chi connectivity index (χ3v) is 8.23. The largest absolute Gasteiger partial charge is 0.332 e. The molecule has 0 aliphatic rings. The summed E-state index contributed by atoms with van der Waals surface area (Å²) in [5.41, 5.74) is 3.15. The van der Waals surface area contributed by atoms with Crippen LogP contribution in [0, 0.1) is 6.92 Å². The number of aromatic nitrogens is 1. The van der Waals surface area contributed by atoms with E-state index in [0.717, 1.165) is 16.8 Å². The molecule has 158 valence electrons. The summed E-state index contributed by atoms with van der Waals surface area (Å²) in [4.78, 5) is 17.6. The normalized spacial score (nSPS) is 11.4. The molecule has 4 rings (SSSR count). The first kappa shape index (κ1) is 21.4. The maximum absolute atomic E-state index is 12.7. The molecule has 2 aromatic carbocycles. The first-order valence-electron chi connectivity index (χ1n) is 9.38. The average molecular weight is 470 g/mol. The molecule has 2 aromatic heterocycles. The third kappa shape index (κ3) is 5.08. The zero-order valence-corrected chi connectivity index (χ0v) is 19.0. The van der Waals surface area contributed by atoms with Crippen LogP contribution in [0.4, 0.5) is 10.8 Å². The van der Waals surface area contributed by atoms with Gasteiger partial charge in [-0.25, -0.2) is 18.1 Å². The first-order valence-corrected chi connectivity index (χ1v) is 12.6. The minimum absolute atomic E-state index is 0.0552. The summed E-state index contributed by atoms with van der Waals surface area (Å²) in [6, 6.07) is 18.1. The third-order valence-electron chi connectivity index (χ3n) is 4.52. The minimum atomic E-state index is -3.52. The van der Waals surface area contributed by atoms with E-state index in [1.807, 2.05) is 55.5 Å². The number of nitrogens with zero attached hydrogens (tertiary/aromatic N) is 1. The number of benzene rings is 2. The van der Waals surface area contributed by atoms with Gasteiger partial charge in [-0.2, -0.15) is 0 Å². The molecule has 6 nitrogen and oxygen atoms in total. The summed E-state index contributed by atoms with van der Waals surface area (Å²) >= 11 is 2.46. The molecule has 0 saturated carbocycles. The van der Waals surface area contributed by atoms with Gasteiger partial charge in [-0.3, -0.25) is 4.79 Å². The van der Waals surface area contributed by atoms with E-state index in [1.165, 1.54) is 22.7 Å². The molecule has 0 amide bonds. The smallest absolute Gasteiger partial charge is 0.250 e. The predicted molar refractivity (Wildman–Crippen MR) is 125 cm³/mol. The number of thiazole rings is 1. The highest BCUT2D eigenvalue weighted by Crippen LogP contribution is 2.26. The van der Waals surface area contributed by atoms with Crippen molar-refractivity contribution in [2.75, 3.05) is 5.32 Å². The minimum Gasteiger partial charge on any atom is -0.332 e. The number of ketones is 1. The molecule has 0 spiro atoms. The van der Waals surface area contributed by atoms with E-state index in [-0.39, 0.29) is 16.5 Å². The summed E-state index contributed by atoms with van der Waals surface area (Å²) < 4.78 is 27.5. The van der Waals surface area contributed by atoms with Crippen molar-refractivity contribution in [3.05, 3.63) is 93.8 Å². The van der Waals surface area contributed by atoms with E-state index in [4.69, 9.17) is 0 Å². The number of anilines is 2. The van der Waals surface area contributed by atoms with Crippen LogP contribution in [-0.4, -0.2) is 19.2 Å². The van der Waals surface area contributed by atoms with Crippen molar-refractivity contribution in [3.8, 4) is 0 Å². The molecule has 0 fully saturated rings. The van der Waals surface area contributed by atoms with Crippen molar-refractivity contribution in [1.82, 2.24) is 9.71 Å². The average Bonchev–Trinajstić information content (AvgIpc) is 3.45. The van der Waals surface area contributed by atoms with Crippen molar-refractivity contribution in [3.63, 3.8) is 0 Å². The van der Waals surface area contributed by atoms with Gasteiger partial charge in [0.15, 0.2) is 5.13 Å². The van der Waals surface area contributed by atoms with Crippen molar-refractivity contribution in [1.29, 1.82) is 0 Å². The highest BCUT2D eigenvalue weighted by molar-refractivity contribution is 7.91. The molecular formula is C22H19N3O3S3. The quantitative estimate of drug-likeness (QED) is 0.356. The Labute approximate surface area is 188 Å². The second-order valence-corrected chi connectivity index (χ2v) is 10.7. The molecule has 0 unspecified atom stereocenters. The van der Waals surface area contributed by atoms with E-state index in [0.29, 0.717) is 15.6 Å². The fraction of sp³-hybridized carbons (Fsp3) is 0.0909. The van der Waals surface area contributed by atoms with Crippen LogP contribution < -0.4 is 10.0 Å². The number of hydrogen-bond donors (Lipinski definition) is 2. The maximum atomic E-state index is 12.7. The van der Waals surface area contributed by atoms with E-state index in [1.54, 1.807) is 23.7 Å². The topological polar surface area (TPSA) is 88.2 Å². The van der Waals surface area contributed by atoms with Crippen LogP contribution in [0.15, 0.2) is 76.4 Å². The Morgan fingerprint density at radius 2 is 1.90 bits per heavy atom. The highest BCUT2D eigenvalue weighted by Gasteiger charge is 2.16. The van der Waals surface area contributed by atoms with E-state index < -0.39 is 10.0 Å². The van der Waals surface area contributed by atoms with Gasteiger partial charge in [-0.15, -0.1) is 11.3 Å². The van der Waals surface area contributed by atoms with E-state index in [9.17, 15) is 13.2 Å². The highest BCUT2D eigenvalue weighted by atomic mass is 32.2. The number of nitrogens with one attached hydrogen (secondary N) is 2. The first-order chi connectivity index (χ1) is 14.9. The van der Waals surface area contributed by atoms with Gasteiger partial charge in [0.25, 0.3) is 0 Å². The standard InChI is InChI=1S/C22H19N3O3S3/c1-15-6-2-3-9-18(15)21(26)19-14-23-22(30-19)25-17-8-4-7-16(12-17)13-24-31(27,28)20-10-5-11-29-20/h2-12,14,24H,13H2,1H3,(H,23,25). The van der Waals surface area contributed by atoms with Crippen molar-refractivity contribution in [2.24, 2.45) is 0 Å². The summed E-state index contributed by atoms with van der Waals surface area (Å²) in [7, 11) is -3.52. The molecule has 0 saturated heterocycles. The number of aryl methyl sites for hydroxylation is 1. The molecule has 2 heterocycles. The lowest BCUT2D eigenvalue weighted by Gasteiger charge is -2.08. The van der Waals surface area contributed by atoms with Crippen LogP contribution in [0.2, 0.25) is 0 Å². The second-order valence-electron chi connectivity index (χ2n) is 6.76. The monoisotopic (exact) mass is 469 g/mol. The van der Waals surface area contributed by atoms with Gasteiger partial charge in [-0.05, 0) is 41.6 Å². The van der Waals surface area contributed by atoms with Crippen LogP contribution in [0.3, 0.4) is 0 Å². The van der Waals surface area contributed by atoms with Gasteiger partial charge >= 0.3 is 0 Å². The van der Waals surface area contributed by atoms with E-state index in [2.05, 4.69) is 15.0 Å². The molecule has 0 atom stereocenters. The van der Waals surface area contributed by atoms with Gasteiger partial charge in [-0.1, -0.05) is 53.8 Å². The second kappa shape index (κ2) is 9.11. The Morgan fingerprint density at radius 3 is 2.68 bits per heavy atom. The van der Waals surface area contributed by atoms with Crippen LogP contribution in [0.5, 0.6) is 0 Å². The van der Waals surface area contributed by atoms with Gasteiger partial charge in [0.1, 0.15) is 4.21 Å². The number of sulfonamides is 1. The molecule has 4 aromatic rings. The summed E-state index contributed by atoms with van der Waals surface area (Å²) in [6.45, 7) is 2.08. The van der Waals surface area contributed by atoms with Gasteiger partial charge in [0.2, 0.25) is 15.8 Å². The summed E-state index contributed by atoms with van der Waals surface area (Å²) in [5.74, 6) is -0.0552. The molecule has 0 aliphatic carbocycles. The van der Waals surface area contributed by atoms with E-state index >= 15 is 0 Å². The molecule has 9 heteroatoms. The number of carbonyl (C=O) groups is 1. The number of carbonyl (C=O) groups excluding carboxylic acids is 1. The van der Waals surface area contributed by atoms with Gasteiger partial charge in [0, 0.05) is 17.8 Å². The zero-order valence-electron chi connectivity index (χ0n) is 16.5. The van der Waals surface area contributed by atoms with Gasteiger partial charge < -0.3 is 5.32 Å². The lowest BCUT2D eigenvalue weighted by molar-refractivity contribution is 0.104. The van der Waals surface area contributed by atoms with Crippen molar-refractivity contribution >= 4 is 49.3 Å². The fourth-order valence-corrected chi connectivity index (χ4v) is 5.79. The number of rotatable bonds is 8. The molecule has 0 aliphatic heterocycles. The summed E-state index contributed by atoms with van der Waals surface area (Å²) in [6.07, 6.45) is 1.57. The Bertz CT molecular complexity index is 1310. The lowest BCUT2D eigenvalue weighted by Crippen LogP contribution is -2.22.